The molecule has 22 heavy (non-hydrogen) atoms. The molecule has 2 amide bonds. The van der Waals surface area contributed by atoms with Crippen LogP contribution in [0.2, 0.25) is 0 Å². The standard InChI is InChI=1S/C18H28N2O2/c1-18(2,11-15-7-4-3-5-8-15)14-20-17(21)19-12-16-9-6-10-22-13-16/h3-5,7-8,16H,6,9-14H2,1-2H3,(H2,19,20,21)/t16-/m1/s1. The highest BCUT2D eigenvalue weighted by atomic mass is 16.5. The van der Waals surface area contributed by atoms with Crippen LogP contribution in [0.3, 0.4) is 0 Å². The van der Waals surface area contributed by atoms with Crippen molar-refractivity contribution in [2.45, 2.75) is 33.1 Å². The lowest BCUT2D eigenvalue weighted by atomic mass is 9.86. The minimum absolute atomic E-state index is 0.0344. The van der Waals surface area contributed by atoms with Crippen LogP contribution in [0.25, 0.3) is 0 Å². The van der Waals surface area contributed by atoms with E-state index in [-0.39, 0.29) is 11.4 Å². The molecule has 1 fully saturated rings. The number of hydrogen-bond acceptors (Lipinski definition) is 2. The number of nitrogens with one attached hydrogen (secondary N) is 2. The SMILES string of the molecule is CC(C)(CNC(=O)NC[C@H]1CCCOC1)Cc1ccccc1. The summed E-state index contributed by atoms with van der Waals surface area (Å²) in [7, 11) is 0. The van der Waals surface area contributed by atoms with E-state index in [0.29, 0.717) is 19.0 Å². The lowest BCUT2D eigenvalue weighted by Crippen LogP contribution is -2.43. The van der Waals surface area contributed by atoms with Gasteiger partial charge in [-0.3, -0.25) is 0 Å². The predicted molar refractivity (Wildman–Crippen MR) is 88.9 cm³/mol. The lowest BCUT2D eigenvalue weighted by molar-refractivity contribution is 0.0557. The van der Waals surface area contributed by atoms with Crippen molar-refractivity contribution < 1.29 is 9.53 Å². The van der Waals surface area contributed by atoms with Gasteiger partial charge in [-0.15, -0.1) is 0 Å². The number of urea groups is 1. The minimum atomic E-state index is -0.0771. The van der Waals surface area contributed by atoms with Crippen molar-refractivity contribution in [2.75, 3.05) is 26.3 Å². The van der Waals surface area contributed by atoms with Crippen LogP contribution in [-0.4, -0.2) is 32.3 Å². The molecule has 0 bridgehead atoms. The molecule has 0 aliphatic carbocycles. The Bertz CT molecular complexity index is 453. The van der Waals surface area contributed by atoms with Crippen molar-refractivity contribution in [2.24, 2.45) is 11.3 Å². The Kier molecular flexibility index (Phi) is 6.25. The first-order valence-electron chi connectivity index (χ1n) is 8.18. The van der Waals surface area contributed by atoms with Crippen LogP contribution in [0.15, 0.2) is 30.3 Å². The zero-order chi connectivity index (χ0) is 15.8. The minimum Gasteiger partial charge on any atom is -0.381 e. The van der Waals surface area contributed by atoms with Crippen molar-refractivity contribution in [1.82, 2.24) is 10.6 Å². The largest absolute Gasteiger partial charge is 0.381 e. The first-order chi connectivity index (χ1) is 10.6. The van der Waals surface area contributed by atoms with E-state index in [1.54, 1.807) is 0 Å². The Morgan fingerprint density at radius 2 is 2.05 bits per heavy atom. The van der Waals surface area contributed by atoms with E-state index in [4.69, 9.17) is 4.74 Å². The number of ether oxygens (including phenoxy) is 1. The molecule has 1 aromatic carbocycles. The van der Waals surface area contributed by atoms with Crippen molar-refractivity contribution >= 4 is 6.03 Å². The Balaban J connectivity index is 1.68. The topological polar surface area (TPSA) is 50.4 Å². The van der Waals surface area contributed by atoms with Crippen molar-refractivity contribution in [3.8, 4) is 0 Å². The van der Waals surface area contributed by atoms with Gasteiger partial charge in [-0.2, -0.15) is 0 Å². The fraction of sp³-hybridized carbons (Fsp3) is 0.611. The number of hydrogen-bond donors (Lipinski definition) is 2. The molecule has 1 aliphatic rings. The molecule has 1 atom stereocenters. The second-order valence-electron chi connectivity index (χ2n) is 6.97. The second-order valence-corrected chi connectivity index (χ2v) is 6.97. The van der Waals surface area contributed by atoms with E-state index in [1.807, 2.05) is 6.07 Å². The van der Waals surface area contributed by atoms with E-state index in [2.05, 4.69) is 48.7 Å². The van der Waals surface area contributed by atoms with Gasteiger partial charge in [0, 0.05) is 19.7 Å². The monoisotopic (exact) mass is 304 g/mol. The molecule has 1 aliphatic heterocycles. The summed E-state index contributed by atoms with van der Waals surface area (Å²) in [6, 6.07) is 10.3. The summed E-state index contributed by atoms with van der Waals surface area (Å²) in [6.07, 6.45) is 3.18. The van der Waals surface area contributed by atoms with Crippen LogP contribution in [0.4, 0.5) is 4.79 Å². The summed E-state index contributed by atoms with van der Waals surface area (Å²) in [5, 5.41) is 5.95. The number of carbonyl (C=O) groups is 1. The van der Waals surface area contributed by atoms with Gasteiger partial charge in [-0.05, 0) is 36.2 Å². The molecule has 0 aromatic heterocycles. The van der Waals surface area contributed by atoms with Gasteiger partial charge in [-0.1, -0.05) is 44.2 Å². The molecular formula is C18H28N2O2. The van der Waals surface area contributed by atoms with Gasteiger partial charge in [0.2, 0.25) is 0 Å². The fourth-order valence-electron chi connectivity index (χ4n) is 2.80. The third-order valence-corrected chi connectivity index (χ3v) is 4.06. The highest BCUT2D eigenvalue weighted by molar-refractivity contribution is 5.73. The van der Waals surface area contributed by atoms with Gasteiger partial charge in [0.15, 0.2) is 0 Å². The number of carbonyl (C=O) groups excluding carboxylic acids is 1. The van der Waals surface area contributed by atoms with Gasteiger partial charge in [-0.25, -0.2) is 4.79 Å². The van der Waals surface area contributed by atoms with Crippen molar-refractivity contribution in [1.29, 1.82) is 0 Å². The third-order valence-electron chi connectivity index (χ3n) is 4.06. The average Bonchev–Trinajstić information content (AvgIpc) is 2.53. The summed E-state index contributed by atoms with van der Waals surface area (Å²) in [4.78, 5) is 11.9. The molecule has 0 spiro atoms. The van der Waals surface area contributed by atoms with Crippen LogP contribution in [0, 0.1) is 11.3 Å². The Hall–Kier alpha value is -1.55. The van der Waals surface area contributed by atoms with Crippen LogP contribution >= 0.6 is 0 Å². The maximum Gasteiger partial charge on any atom is 0.314 e. The summed E-state index contributed by atoms with van der Waals surface area (Å²) in [6.45, 7) is 7.33. The molecular weight excluding hydrogens is 276 g/mol. The first kappa shape index (κ1) is 16.8. The molecule has 1 heterocycles. The molecule has 1 saturated heterocycles. The van der Waals surface area contributed by atoms with Crippen molar-refractivity contribution in [3.05, 3.63) is 35.9 Å². The second kappa shape index (κ2) is 8.18. The molecule has 0 unspecified atom stereocenters. The molecule has 2 rings (SSSR count). The third kappa shape index (κ3) is 6.06. The number of amides is 2. The van der Waals surface area contributed by atoms with Gasteiger partial charge < -0.3 is 15.4 Å². The zero-order valence-corrected chi connectivity index (χ0v) is 13.7. The smallest absolute Gasteiger partial charge is 0.314 e. The van der Waals surface area contributed by atoms with E-state index < -0.39 is 0 Å². The molecule has 0 radical (unpaired) electrons. The number of benzene rings is 1. The van der Waals surface area contributed by atoms with Crippen LogP contribution < -0.4 is 10.6 Å². The normalized spacial score (nSPS) is 18.7. The lowest BCUT2D eigenvalue weighted by Gasteiger charge is -2.26. The van der Waals surface area contributed by atoms with Gasteiger partial charge in [0.25, 0.3) is 0 Å². The summed E-state index contributed by atoms with van der Waals surface area (Å²) in [5.41, 5.74) is 1.33. The summed E-state index contributed by atoms with van der Waals surface area (Å²) < 4.78 is 5.42. The van der Waals surface area contributed by atoms with Gasteiger partial charge in [0.05, 0.1) is 6.61 Å². The van der Waals surface area contributed by atoms with Crippen LogP contribution in [0.5, 0.6) is 0 Å². The maximum atomic E-state index is 11.9. The average molecular weight is 304 g/mol. The van der Waals surface area contributed by atoms with Crippen LogP contribution in [0.1, 0.15) is 32.3 Å². The fourth-order valence-corrected chi connectivity index (χ4v) is 2.80. The molecule has 2 N–H and O–H groups in total. The van der Waals surface area contributed by atoms with Gasteiger partial charge in [0.1, 0.15) is 0 Å². The maximum absolute atomic E-state index is 11.9. The summed E-state index contributed by atoms with van der Waals surface area (Å²) in [5.74, 6) is 0.455. The van der Waals surface area contributed by atoms with E-state index in [9.17, 15) is 4.79 Å². The van der Waals surface area contributed by atoms with Gasteiger partial charge >= 0.3 is 6.03 Å². The van der Waals surface area contributed by atoms with E-state index in [1.165, 1.54) is 5.56 Å². The van der Waals surface area contributed by atoms with E-state index >= 15 is 0 Å². The quantitative estimate of drug-likeness (QED) is 0.849. The Morgan fingerprint density at radius 1 is 1.27 bits per heavy atom. The number of rotatable bonds is 6. The zero-order valence-electron chi connectivity index (χ0n) is 13.7. The molecule has 0 saturated carbocycles. The first-order valence-corrected chi connectivity index (χ1v) is 8.18. The molecule has 4 nitrogen and oxygen atoms in total. The highest BCUT2D eigenvalue weighted by Gasteiger charge is 2.20. The Labute approximate surface area is 133 Å². The summed E-state index contributed by atoms with van der Waals surface area (Å²) >= 11 is 0. The van der Waals surface area contributed by atoms with E-state index in [0.717, 1.165) is 32.5 Å². The van der Waals surface area contributed by atoms with Crippen LogP contribution in [-0.2, 0) is 11.2 Å². The predicted octanol–water partition coefficient (Wildman–Crippen LogP) is 2.98. The highest BCUT2D eigenvalue weighted by Crippen LogP contribution is 2.20. The molecule has 122 valence electrons. The van der Waals surface area contributed by atoms with Crippen molar-refractivity contribution in [3.63, 3.8) is 0 Å². The Morgan fingerprint density at radius 3 is 2.73 bits per heavy atom. The molecule has 4 heteroatoms. The molecule has 1 aromatic rings.